The Morgan fingerprint density at radius 3 is 2.58 bits per heavy atom. The van der Waals surface area contributed by atoms with Gasteiger partial charge < -0.3 is 15.4 Å². The van der Waals surface area contributed by atoms with Crippen LogP contribution in [-0.2, 0) is 4.79 Å². The number of hydrogen-bond acceptors (Lipinski definition) is 5. The van der Waals surface area contributed by atoms with Crippen molar-refractivity contribution in [2.75, 3.05) is 12.8 Å². The lowest BCUT2D eigenvalue weighted by Crippen LogP contribution is -2.47. The molecular weight excluding hydrogens is 468 g/mol. The number of halogens is 2. The largest absolute Gasteiger partial charge is 0.454 e. The Morgan fingerprint density at radius 2 is 1.92 bits per heavy atom. The van der Waals surface area contributed by atoms with E-state index in [0.29, 0.717) is 35.3 Å². The van der Waals surface area contributed by atoms with Crippen LogP contribution in [0, 0.1) is 11.6 Å². The first-order valence-corrected chi connectivity index (χ1v) is 11.3. The summed E-state index contributed by atoms with van der Waals surface area (Å²) in [6.45, 7) is 3.53. The van der Waals surface area contributed by atoms with Gasteiger partial charge in [-0.3, -0.25) is 13.9 Å². The summed E-state index contributed by atoms with van der Waals surface area (Å²) >= 11 is 0. The number of rotatable bonds is 6. The fourth-order valence-electron chi connectivity index (χ4n) is 4.54. The molecule has 1 fully saturated rings. The monoisotopic (exact) mass is 491 g/mol. The van der Waals surface area contributed by atoms with E-state index in [1.807, 2.05) is 0 Å². The van der Waals surface area contributed by atoms with Crippen LogP contribution >= 0.6 is 0 Å². The summed E-state index contributed by atoms with van der Waals surface area (Å²) in [4.78, 5) is 31.4. The van der Waals surface area contributed by atoms with E-state index in [0.717, 1.165) is 12.1 Å². The smallest absolute Gasteiger partial charge is 0.334 e. The molecule has 0 bridgehead atoms. The van der Waals surface area contributed by atoms with Crippen molar-refractivity contribution in [3.8, 4) is 17.2 Å². The maximum absolute atomic E-state index is 14.0. The second-order valence-corrected chi connectivity index (χ2v) is 8.65. The topological polar surface area (TPSA) is 95.4 Å². The Balaban J connectivity index is 1.48. The molecule has 1 aliphatic rings. The van der Waals surface area contributed by atoms with Gasteiger partial charge in [0.25, 0.3) is 0 Å². The highest BCUT2D eigenvalue weighted by molar-refractivity contribution is 5.88. The Bertz CT molecular complexity index is 1540. The molecule has 2 aromatic carbocycles. The molecule has 0 saturated heterocycles. The van der Waals surface area contributed by atoms with Crippen molar-refractivity contribution < 1.29 is 18.3 Å². The number of imidazole rings is 1. The van der Waals surface area contributed by atoms with Crippen molar-refractivity contribution in [3.05, 3.63) is 89.5 Å². The minimum absolute atomic E-state index is 0.00766. The first-order chi connectivity index (χ1) is 17.3. The number of carbonyl (C=O) groups is 1. The quantitative estimate of drug-likeness (QED) is 0.408. The second-order valence-electron chi connectivity index (χ2n) is 8.65. The third-order valence-corrected chi connectivity index (χ3v) is 6.55. The minimum Gasteiger partial charge on any atom is -0.454 e. The highest BCUT2D eigenvalue weighted by atomic mass is 19.1. The van der Waals surface area contributed by atoms with Crippen LogP contribution in [0.25, 0.3) is 16.7 Å². The average molecular weight is 491 g/mol. The van der Waals surface area contributed by atoms with Gasteiger partial charge in [0.05, 0.1) is 11.2 Å². The van der Waals surface area contributed by atoms with Crippen molar-refractivity contribution in [1.29, 1.82) is 0 Å². The number of hydrogen-bond donors (Lipinski definition) is 1. The third-order valence-electron chi connectivity index (χ3n) is 6.55. The van der Waals surface area contributed by atoms with Crippen LogP contribution in [0.4, 0.5) is 14.6 Å². The molecule has 0 radical (unpaired) electrons. The van der Waals surface area contributed by atoms with Gasteiger partial charge in [-0.15, -0.1) is 0 Å². The second kappa shape index (κ2) is 8.95. The van der Waals surface area contributed by atoms with Gasteiger partial charge in [0.15, 0.2) is 11.6 Å². The number of fused-ring (bicyclic) bond motifs is 1. The number of carbonyl (C=O) groups excluding carboxylic acids is 1. The van der Waals surface area contributed by atoms with Gasteiger partial charge in [0.2, 0.25) is 5.91 Å². The van der Waals surface area contributed by atoms with Crippen LogP contribution in [-0.4, -0.2) is 38.0 Å². The molecule has 2 N–H and O–H groups in total. The standard InChI is InChI=1S/C26H23F2N5O3/c1-3-23(34)31(2)17-13-18(14-17)32-21-10-11-30-25(29)24(21)33(26(32)35)16-5-7-19(8-6-16)36-22-9-4-15(27)12-20(22)28/h3-12,17-18H,1,13-14H2,2H3,(H2,29,30)/t17-,18+. The van der Waals surface area contributed by atoms with Gasteiger partial charge in [-0.2, -0.15) is 0 Å². The number of anilines is 1. The van der Waals surface area contributed by atoms with Crippen LogP contribution in [0.2, 0.25) is 0 Å². The summed E-state index contributed by atoms with van der Waals surface area (Å²) in [5.74, 6) is -1.29. The van der Waals surface area contributed by atoms with E-state index in [4.69, 9.17) is 10.5 Å². The Hall–Kier alpha value is -4.47. The van der Waals surface area contributed by atoms with Gasteiger partial charge >= 0.3 is 5.69 Å². The summed E-state index contributed by atoms with van der Waals surface area (Å²) in [5.41, 5.74) is 7.53. The molecule has 10 heteroatoms. The summed E-state index contributed by atoms with van der Waals surface area (Å²) in [7, 11) is 1.72. The highest BCUT2D eigenvalue weighted by Crippen LogP contribution is 2.37. The van der Waals surface area contributed by atoms with Crippen molar-refractivity contribution >= 4 is 22.8 Å². The van der Waals surface area contributed by atoms with Gasteiger partial charge in [-0.25, -0.2) is 18.6 Å². The van der Waals surface area contributed by atoms with E-state index in [2.05, 4.69) is 11.6 Å². The number of nitrogens with zero attached hydrogens (tertiary/aromatic N) is 4. The van der Waals surface area contributed by atoms with Gasteiger partial charge in [0.1, 0.15) is 22.9 Å². The van der Waals surface area contributed by atoms with Gasteiger partial charge in [-0.05, 0) is 61.4 Å². The van der Waals surface area contributed by atoms with Crippen molar-refractivity contribution in [1.82, 2.24) is 19.0 Å². The van der Waals surface area contributed by atoms with Crippen LogP contribution in [0.5, 0.6) is 11.5 Å². The summed E-state index contributed by atoms with van der Waals surface area (Å²) in [6, 6.07) is 11.1. The molecule has 2 heterocycles. The Morgan fingerprint density at radius 1 is 1.19 bits per heavy atom. The first-order valence-electron chi connectivity index (χ1n) is 11.3. The SMILES string of the molecule is C=CC(=O)N(C)[C@H]1C[C@@H](n2c(=O)n(-c3ccc(Oc4ccc(F)cc4F)cc3)c3c(N)nccc32)C1. The number of benzene rings is 2. The zero-order valence-corrected chi connectivity index (χ0v) is 19.4. The molecule has 184 valence electrons. The number of likely N-dealkylation sites (N-methyl/N-ethyl adjacent to an activating group) is 1. The molecular formula is C26H23F2N5O3. The van der Waals surface area contributed by atoms with E-state index in [1.54, 1.807) is 53.0 Å². The fraction of sp³-hybridized carbons (Fsp3) is 0.192. The zero-order chi connectivity index (χ0) is 25.6. The van der Waals surface area contributed by atoms with Crippen molar-refractivity contribution in [3.63, 3.8) is 0 Å². The van der Waals surface area contributed by atoms with Gasteiger partial charge in [0, 0.05) is 31.4 Å². The number of aromatic nitrogens is 3. The molecule has 0 unspecified atom stereocenters. The lowest BCUT2D eigenvalue weighted by Gasteiger charge is -2.41. The van der Waals surface area contributed by atoms with Crippen LogP contribution < -0.4 is 16.2 Å². The lowest BCUT2D eigenvalue weighted by molar-refractivity contribution is -0.128. The molecule has 0 aliphatic heterocycles. The molecule has 0 atom stereocenters. The number of nitrogen functional groups attached to an aromatic ring is 1. The predicted molar refractivity (Wildman–Crippen MR) is 131 cm³/mol. The van der Waals surface area contributed by atoms with Gasteiger partial charge in [-0.1, -0.05) is 6.58 Å². The normalized spacial score (nSPS) is 17.0. The first kappa shape index (κ1) is 23.3. The maximum atomic E-state index is 14.0. The fourth-order valence-corrected chi connectivity index (χ4v) is 4.54. The lowest BCUT2D eigenvalue weighted by atomic mass is 9.85. The van der Waals surface area contributed by atoms with E-state index in [1.165, 1.54) is 16.7 Å². The number of pyridine rings is 1. The molecule has 5 rings (SSSR count). The number of amides is 1. The molecule has 1 aliphatic carbocycles. The number of ether oxygens (including phenoxy) is 1. The highest BCUT2D eigenvalue weighted by Gasteiger charge is 2.37. The molecule has 1 amide bonds. The third kappa shape index (κ3) is 3.90. The van der Waals surface area contributed by atoms with Crippen LogP contribution in [0.3, 0.4) is 0 Å². The molecule has 0 spiro atoms. The summed E-state index contributed by atoms with van der Waals surface area (Å²) in [5, 5.41) is 0. The molecule has 1 saturated carbocycles. The zero-order valence-electron chi connectivity index (χ0n) is 19.4. The van der Waals surface area contributed by atoms with E-state index in [9.17, 15) is 18.4 Å². The average Bonchev–Trinajstić information content (AvgIpc) is 3.13. The van der Waals surface area contributed by atoms with E-state index >= 15 is 0 Å². The maximum Gasteiger partial charge on any atom is 0.334 e. The van der Waals surface area contributed by atoms with Crippen LogP contribution in [0.1, 0.15) is 18.9 Å². The number of nitrogens with two attached hydrogens (primary N) is 1. The molecule has 4 aromatic rings. The minimum atomic E-state index is -0.823. The van der Waals surface area contributed by atoms with Crippen molar-refractivity contribution in [2.45, 2.75) is 24.9 Å². The molecule has 8 nitrogen and oxygen atoms in total. The van der Waals surface area contributed by atoms with E-state index in [-0.39, 0.29) is 35.2 Å². The van der Waals surface area contributed by atoms with E-state index < -0.39 is 11.6 Å². The summed E-state index contributed by atoms with van der Waals surface area (Å²) < 4.78 is 35.8. The predicted octanol–water partition coefficient (Wildman–Crippen LogP) is 4.19. The molecule has 2 aromatic heterocycles. The van der Waals surface area contributed by atoms with Crippen LogP contribution in [0.15, 0.2) is 72.2 Å². The summed E-state index contributed by atoms with van der Waals surface area (Å²) in [6.07, 6.45) is 4.06. The molecule has 36 heavy (non-hydrogen) atoms. The van der Waals surface area contributed by atoms with Crippen molar-refractivity contribution in [2.24, 2.45) is 0 Å². The Kier molecular flexibility index (Phi) is 5.79. The Labute approximate surface area is 204 Å².